The minimum absolute atomic E-state index is 0.00803. The zero-order valence-corrected chi connectivity index (χ0v) is 10.9. The summed E-state index contributed by atoms with van der Waals surface area (Å²) in [5.41, 5.74) is 8.69. The van der Waals surface area contributed by atoms with E-state index < -0.39 is 0 Å². The Kier molecular flexibility index (Phi) is 4.55. The molecule has 0 spiro atoms. The molecular formula is C13H17N3OS. The zero-order valence-electron chi connectivity index (χ0n) is 10.1. The molecule has 0 radical (unpaired) electrons. The molecule has 96 valence electrons. The first-order valence-corrected chi connectivity index (χ1v) is 6.84. The van der Waals surface area contributed by atoms with Crippen molar-refractivity contribution in [2.24, 2.45) is 0 Å². The number of aryl methyl sites for hydroxylation is 1. The second-order valence-electron chi connectivity index (χ2n) is 4.20. The summed E-state index contributed by atoms with van der Waals surface area (Å²) < 4.78 is 0. The predicted molar refractivity (Wildman–Crippen MR) is 75.8 cm³/mol. The molecule has 1 aromatic heterocycles. The van der Waals surface area contributed by atoms with Crippen molar-refractivity contribution in [3.05, 3.63) is 50.6 Å². The van der Waals surface area contributed by atoms with Crippen LogP contribution in [-0.2, 0) is 13.0 Å². The van der Waals surface area contributed by atoms with Gasteiger partial charge in [-0.1, -0.05) is 23.5 Å². The lowest BCUT2D eigenvalue weighted by Crippen LogP contribution is -2.16. The van der Waals surface area contributed by atoms with E-state index in [4.69, 9.17) is 5.73 Å². The number of aromatic nitrogens is 1. The third-order valence-corrected chi connectivity index (χ3v) is 3.40. The fourth-order valence-corrected chi connectivity index (χ4v) is 2.31. The third kappa shape index (κ3) is 4.01. The maximum atomic E-state index is 10.9. The van der Waals surface area contributed by atoms with Crippen molar-refractivity contribution in [3.63, 3.8) is 0 Å². The minimum Gasteiger partial charge on any atom is -0.399 e. The summed E-state index contributed by atoms with van der Waals surface area (Å²) in [5.74, 6) is 0. The third-order valence-electron chi connectivity index (χ3n) is 2.69. The van der Waals surface area contributed by atoms with E-state index in [0.29, 0.717) is 0 Å². The molecule has 0 atom stereocenters. The second kappa shape index (κ2) is 6.37. The molecule has 0 aliphatic rings. The van der Waals surface area contributed by atoms with E-state index in [9.17, 15) is 4.79 Å². The Bertz CT molecular complexity index is 530. The van der Waals surface area contributed by atoms with Crippen molar-refractivity contribution < 1.29 is 0 Å². The van der Waals surface area contributed by atoms with Crippen LogP contribution < -0.4 is 15.9 Å². The quantitative estimate of drug-likeness (QED) is 0.549. The van der Waals surface area contributed by atoms with Gasteiger partial charge in [0, 0.05) is 23.3 Å². The number of hydrogen-bond acceptors (Lipinski definition) is 4. The highest BCUT2D eigenvalue weighted by atomic mass is 32.1. The number of H-pyrrole nitrogens is 1. The van der Waals surface area contributed by atoms with Crippen LogP contribution in [0.1, 0.15) is 17.7 Å². The Labute approximate surface area is 110 Å². The molecule has 1 aromatic carbocycles. The van der Waals surface area contributed by atoms with Crippen LogP contribution in [0.15, 0.2) is 34.4 Å². The van der Waals surface area contributed by atoms with E-state index in [2.05, 4.69) is 22.4 Å². The van der Waals surface area contributed by atoms with Crippen molar-refractivity contribution in [2.75, 3.05) is 12.3 Å². The van der Waals surface area contributed by atoms with Crippen molar-refractivity contribution in [3.8, 4) is 0 Å². The van der Waals surface area contributed by atoms with Gasteiger partial charge in [0.15, 0.2) is 0 Å². The first kappa shape index (κ1) is 12.9. The van der Waals surface area contributed by atoms with Gasteiger partial charge in [-0.2, -0.15) is 0 Å². The number of nitrogens with two attached hydrogens (primary N) is 1. The molecule has 4 N–H and O–H groups in total. The average molecular weight is 263 g/mol. The van der Waals surface area contributed by atoms with Gasteiger partial charge in [-0.25, -0.2) is 0 Å². The highest BCUT2D eigenvalue weighted by Crippen LogP contribution is 2.07. The van der Waals surface area contributed by atoms with E-state index in [0.717, 1.165) is 37.3 Å². The average Bonchev–Trinajstić information content (AvgIpc) is 2.77. The molecule has 0 saturated heterocycles. The summed E-state index contributed by atoms with van der Waals surface area (Å²) in [6.07, 6.45) is 2.10. The van der Waals surface area contributed by atoms with E-state index in [1.54, 1.807) is 0 Å². The number of thiazole rings is 1. The zero-order chi connectivity index (χ0) is 12.8. The molecule has 1 heterocycles. The number of rotatable bonds is 6. The van der Waals surface area contributed by atoms with Crippen molar-refractivity contribution in [2.45, 2.75) is 19.4 Å². The van der Waals surface area contributed by atoms with Gasteiger partial charge in [-0.15, -0.1) is 0 Å². The molecule has 0 saturated carbocycles. The van der Waals surface area contributed by atoms with Crippen LogP contribution in [0.4, 0.5) is 5.69 Å². The Hall–Kier alpha value is -1.59. The van der Waals surface area contributed by atoms with Gasteiger partial charge in [0.2, 0.25) is 0 Å². The lowest BCUT2D eigenvalue weighted by atomic mass is 10.1. The number of hydrogen-bond donors (Lipinski definition) is 3. The molecular weight excluding hydrogens is 246 g/mol. The molecule has 0 fully saturated rings. The van der Waals surface area contributed by atoms with Crippen LogP contribution in [0, 0.1) is 0 Å². The lowest BCUT2D eigenvalue weighted by molar-refractivity contribution is 0.642. The fourth-order valence-electron chi connectivity index (χ4n) is 1.73. The Morgan fingerprint density at radius 3 is 2.72 bits per heavy atom. The summed E-state index contributed by atoms with van der Waals surface area (Å²) in [7, 11) is 0. The Morgan fingerprint density at radius 1 is 1.28 bits per heavy atom. The van der Waals surface area contributed by atoms with Crippen LogP contribution >= 0.6 is 11.3 Å². The summed E-state index contributed by atoms with van der Waals surface area (Å²) in [6.45, 7) is 1.66. The fraction of sp³-hybridized carbons (Fsp3) is 0.308. The molecule has 0 aliphatic carbocycles. The van der Waals surface area contributed by atoms with Crippen molar-refractivity contribution >= 4 is 17.0 Å². The predicted octanol–water partition coefficient (Wildman–Crippen LogP) is 1.74. The molecule has 4 nitrogen and oxygen atoms in total. The summed E-state index contributed by atoms with van der Waals surface area (Å²) in [6, 6.07) is 7.98. The summed E-state index contributed by atoms with van der Waals surface area (Å²) in [5, 5.41) is 5.16. The number of nitrogens with one attached hydrogen (secondary N) is 2. The largest absolute Gasteiger partial charge is 0.399 e. The Morgan fingerprint density at radius 2 is 2.06 bits per heavy atom. The maximum absolute atomic E-state index is 10.9. The molecule has 5 heteroatoms. The van der Waals surface area contributed by atoms with Gasteiger partial charge >= 0.3 is 4.87 Å². The minimum atomic E-state index is 0.00803. The van der Waals surface area contributed by atoms with Gasteiger partial charge in [-0.05, 0) is 37.1 Å². The summed E-state index contributed by atoms with van der Waals surface area (Å²) >= 11 is 1.20. The van der Waals surface area contributed by atoms with Crippen LogP contribution in [-0.4, -0.2) is 11.5 Å². The smallest absolute Gasteiger partial charge is 0.304 e. The monoisotopic (exact) mass is 263 g/mol. The van der Waals surface area contributed by atoms with Gasteiger partial charge in [0.25, 0.3) is 0 Å². The first-order valence-electron chi connectivity index (χ1n) is 5.96. The molecule has 0 unspecified atom stereocenters. The number of aromatic amines is 1. The molecule has 18 heavy (non-hydrogen) atoms. The number of anilines is 1. The highest BCUT2D eigenvalue weighted by Gasteiger charge is 1.96. The van der Waals surface area contributed by atoms with Gasteiger partial charge in [0.05, 0.1) is 0 Å². The van der Waals surface area contributed by atoms with Crippen LogP contribution in [0.5, 0.6) is 0 Å². The molecule has 2 aromatic rings. The van der Waals surface area contributed by atoms with Crippen molar-refractivity contribution in [1.29, 1.82) is 0 Å². The first-order chi connectivity index (χ1) is 8.74. The van der Waals surface area contributed by atoms with Crippen LogP contribution in [0.25, 0.3) is 0 Å². The normalized spacial score (nSPS) is 10.7. The highest BCUT2D eigenvalue weighted by molar-refractivity contribution is 7.07. The number of nitrogen functional groups attached to an aromatic ring is 1. The topological polar surface area (TPSA) is 70.9 Å². The SMILES string of the molecule is Nc1ccc(CCCNCc2csc(=O)[nH]2)cc1. The molecule has 0 bridgehead atoms. The van der Waals surface area contributed by atoms with Gasteiger partial charge < -0.3 is 16.0 Å². The van der Waals surface area contributed by atoms with E-state index >= 15 is 0 Å². The van der Waals surface area contributed by atoms with E-state index in [-0.39, 0.29) is 4.87 Å². The maximum Gasteiger partial charge on any atom is 0.304 e. The standard InChI is InChI=1S/C13H17N3OS/c14-11-5-3-10(4-6-11)2-1-7-15-8-12-9-18-13(17)16-12/h3-6,9,15H,1-2,7-8,14H2,(H,16,17). The Balaban J connectivity index is 1.64. The van der Waals surface area contributed by atoms with Gasteiger partial charge in [0.1, 0.15) is 0 Å². The van der Waals surface area contributed by atoms with Gasteiger partial charge in [-0.3, -0.25) is 4.79 Å². The molecule has 2 rings (SSSR count). The molecule has 0 aliphatic heterocycles. The lowest BCUT2D eigenvalue weighted by Gasteiger charge is -2.04. The summed E-state index contributed by atoms with van der Waals surface area (Å²) in [4.78, 5) is 13.7. The van der Waals surface area contributed by atoms with Crippen molar-refractivity contribution in [1.82, 2.24) is 10.3 Å². The number of benzene rings is 1. The van der Waals surface area contributed by atoms with E-state index in [1.807, 2.05) is 17.5 Å². The van der Waals surface area contributed by atoms with Crippen LogP contribution in [0.3, 0.4) is 0 Å². The second-order valence-corrected chi connectivity index (χ2v) is 5.04. The van der Waals surface area contributed by atoms with Crippen LogP contribution in [0.2, 0.25) is 0 Å². The molecule has 0 amide bonds. The van der Waals surface area contributed by atoms with E-state index in [1.165, 1.54) is 16.9 Å².